The molecule has 1 aliphatic rings. The van der Waals surface area contributed by atoms with E-state index in [0.717, 1.165) is 11.3 Å². The van der Waals surface area contributed by atoms with Gasteiger partial charge >= 0.3 is 0 Å². The zero-order valence-corrected chi connectivity index (χ0v) is 17.9. The van der Waals surface area contributed by atoms with Crippen molar-refractivity contribution >= 4 is 11.7 Å². The zero-order chi connectivity index (χ0) is 21.8. The number of hydrogen-bond acceptors (Lipinski definition) is 5. The summed E-state index contributed by atoms with van der Waals surface area (Å²) < 4.78 is 16.8. The Morgan fingerprint density at radius 2 is 1.81 bits per heavy atom. The number of hydrogen-bond donors (Lipinski definition) is 1. The maximum atomic E-state index is 13.0. The van der Waals surface area contributed by atoms with Gasteiger partial charge in [-0.3, -0.25) is 4.79 Å². The summed E-state index contributed by atoms with van der Waals surface area (Å²) in [5, 5.41) is 2.96. The summed E-state index contributed by atoms with van der Waals surface area (Å²) in [5.41, 5.74) is 1.56. The van der Waals surface area contributed by atoms with Crippen molar-refractivity contribution < 1.29 is 19.0 Å². The van der Waals surface area contributed by atoms with Crippen LogP contribution in [0.1, 0.15) is 17.7 Å². The Hall–Kier alpha value is -3.54. The third-order valence-electron chi connectivity index (χ3n) is 5.73. The van der Waals surface area contributed by atoms with Gasteiger partial charge in [-0.2, -0.15) is 0 Å². The average Bonchev–Trinajstić information content (AvgIpc) is 3.54. The fourth-order valence-corrected chi connectivity index (χ4v) is 3.93. The summed E-state index contributed by atoms with van der Waals surface area (Å²) >= 11 is 0. The van der Waals surface area contributed by atoms with E-state index in [1.807, 2.05) is 49.4 Å². The molecule has 4 rings (SSSR count). The van der Waals surface area contributed by atoms with E-state index in [-0.39, 0.29) is 17.2 Å². The molecule has 0 aliphatic heterocycles. The summed E-state index contributed by atoms with van der Waals surface area (Å²) in [7, 11) is 3.19. The van der Waals surface area contributed by atoms with E-state index in [1.54, 1.807) is 26.4 Å². The van der Waals surface area contributed by atoms with Crippen molar-refractivity contribution in [2.24, 2.45) is 5.92 Å². The van der Waals surface area contributed by atoms with Gasteiger partial charge in [-0.25, -0.2) is 4.98 Å². The number of pyridine rings is 1. The van der Waals surface area contributed by atoms with Crippen LogP contribution >= 0.6 is 0 Å². The first-order valence-electron chi connectivity index (χ1n) is 10.2. The molecule has 3 aromatic rings. The van der Waals surface area contributed by atoms with Crippen LogP contribution in [0.3, 0.4) is 0 Å². The molecule has 6 nitrogen and oxygen atoms in total. The Labute approximate surface area is 182 Å². The highest BCUT2D eigenvalue weighted by Gasteiger charge is 2.60. The lowest BCUT2D eigenvalue weighted by Gasteiger charge is -2.19. The van der Waals surface area contributed by atoms with Crippen molar-refractivity contribution in [1.29, 1.82) is 0 Å². The number of ether oxygens (including phenoxy) is 3. The second kappa shape index (κ2) is 8.68. The molecular weight excluding hydrogens is 392 g/mol. The molecule has 1 aromatic heterocycles. The first-order chi connectivity index (χ1) is 15.1. The molecule has 1 amide bonds. The number of rotatable bonds is 8. The third-order valence-corrected chi connectivity index (χ3v) is 5.73. The first kappa shape index (κ1) is 20.7. The number of benzene rings is 2. The van der Waals surface area contributed by atoms with E-state index in [4.69, 9.17) is 14.2 Å². The van der Waals surface area contributed by atoms with Crippen LogP contribution in [-0.2, 0) is 10.2 Å². The molecule has 2 atom stereocenters. The number of nitrogens with one attached hydrogen (secondary N) is 1. The summed E-state index contributed by atoms with van der Waals surface area (Å²) in [6.45, 7) is 2.28. The van der Waals surface area contributed by atoms with Gasteiger partial charge in [-0.15, -0.1) is 0 Å². The molecule has 1 saturated carbocycles. The van der Waals surface area contributed by atoms with Crippen LogP contribution in [0, 0.1) is 12.8 Å². The third kappa shape index (κ3) is 4.33. The molecule has 1 N–H and O–H groups in total. The van der Waals surface area contributed by atoms with Gasteiger partial charge in [0.15, 0.2) is 11.5 Å². The molecule has 0 spiro atoms. The second-order valence-corrected chi connectivity index (χ2v) is 7.74. The van der Waals surface area contributed by atoms with Crippen LogP contribution in [0.2, 0.25) is 0 Å². The van der Waals surface area contributed by atoms with Gasteiger partial charge in [0.2, 0.25) is 5.91 Å². The maximum Gasteiger partial charge on any atom is 0.229 e. The van der Waals surface area contributed by atoms with Crippen molar-refractivity contribution in [2.45, 2.75) is 18.8 Å². The highest BCUT2D eigenvalue weighted by molar-refractivity contribution is 5.95. The highest BCUT2D eigenvalue weighted by Crippen LogP contribution is 2.55. The Balaban J connectivity index is 1.53. The Kier molecular flexibility index (Phi) is 5.80. The van der Waals surface area contributed by atoms with Crippen molar-refractivity contribution in [2.75, 3.05) is 26.1 Å². The fourth-order valence-electron chi connectivity index (χ4n) is 3.93. The van der Waals surface area contributed by atoms with Crippen LogP contribution in [0.5, 0.6) is 17.2 Å². The maximum absolute atomic E-state index is 13.0. The van der Waals surface area contributed by atoms with Crippen LogP contribution in [0.4, 0.5) is 5.82 Å². The summed E-state index contributed by atoms with van der Waals surface area (Å²) in [5.74, 6) is 2.24. The standard InChI is InChI=1S/C25H26N2O4/c1-17-8-7-11-23(26-17)27-24(28)20-15-25(20,18-9-5-4-6-10-18)16-31-19-12-13-21(29-2)22(14-19)30-3/h4-14,20H,15-16H2,1-3H3,(H,26,27,28). The number of anilines is 1. The van der Waals surface area contributed by atoms with Gasteiger partial charge < -0.3 is 19.5 Å². The van der Waals surface area contributed by atoms with Gasteiger partial charge in [0.1, 0.15) is 11.6 Å². The van der Waals surface area contributed by atoms with Crippen molar-refractivity contribution in [3.8, 4) is 17.2 Å². The molecule has 0 saturated heterocycles. The number of aryl methyl sites for hydroxylation is 1. The number of methoxy groups -OCH3 is 2. The highest BCUT2D eigenvalue weighted by atomic mass is 16.5. The van der Waals surface area contributed by atoms with Gasteiger partial charge in [0.05, 0.1) is 26.7 Å². The Morgan fingerprint density at radius 3 is 2.52 bits per heavy atom. The van der Waals surface area contributed by atoms with Crippen LogP contribution in [0.15, 0.2) is 66.7 Å². The van der Waals surface area contributed by atoms with Crippen molar-refractivity contribution in [3.05, 3.63) is 78.0 Å². The lowest BCUT2D eigenvalue weighted by Crippen LogP contribution is -2.26. The molecule has 0 radical (unpaired) electrons. The molecular formula is C25H26N2O4. The normalized spacial score (nSPS) is 19.4. The summed E-state index contributed by atoms with van der Waals surface area (Å²) in [4.78, 5) is 17.4. The van der Waals surface area contributed by atoms with Crippen molar-refractivity contribution in [3.63, 3.8) is 0 Å². The number of aromatic nitrogens is 1. The molecule has 31 heavy (non-hydrogen) atoms. The number of carbonyl (C=O) groups excluding carboxylic acids is 1. The number of nitrogens with zero attached hydrogens (tertiary/aromatic N) is 1. The first-order valence-corrected chi connectivity index (χ1v) is 10.2. The molecule has 2 unspecified atom stereocenters. The lowest BCUT2D eigenvalue weighted by atomic mass is 9.93. The van der Waals surface area contributed by atoms with Gasteiger partial charge in [0, 0.05) is 17.2 Å². The molecule has 160 valence electrons. The Morgan fingerprint density at radius 1 is 1.03 bits per heavy atom. The quantitative estimate of drug-likeness (QED) is 0.588. The average molecular weight is 418 g/mol. The largest absolute Gasteiger partial charge is 0.493 e. The van der Waals surface area contributed by atoms with E-state index < -0.39 is 0 Å². The van der Waals surface area contributed by atoms with E-state index >= 15 is 0 Å². The second-order valence-electron chi connectivity index (χ2n) is 7.74. The van der Waals surface area contributed by atoms with Gasteiger partial charge in [-0.1, -0.05) is 36.4 Å². The van der Waals surface area contributed by atoms with E-state index in [9.17, 15) is 4.79 Å². The van der Waals surface area contributed by atoms with Crippen LogP contribution in [0.25, 0.3) is 0 Å². The molecule has 6 heteroatoms. The Bertz CT molecular complexity index is 1070. The summed E-state index contributed by atoms with van der Waals surface area (Å²) in [6, 6.07) is 21.1. The van der Waals surface area contributed by atoms with Crippen LogP contribution < -0.4 is 19.5 Å². The minimum atomic E-state index is -0.387. The summed E-state index contributed by atoms with van der Waals surface area (Å²) in [6.07, 6.45) is 0.710. The van der Waals surface area contributed by atoms with Crippen LogP contribution in [-0.4, -0.2) is 31.7 Å². The number of amides is 1. The predicted molar refractivity (Wildman–Crippen MR) is 119 cm³/mol. The predicted octanol–water partition coefficient (Wildman–Crippen LogP) is 4.38. The minimum absolute atomic E-state index is 0.0436. The molecule has 1 fully saturated rings. The van der Waals surface area contributed by atoms with E-state index in [0.29, 0.717) is 36.1 Å². The number of carbonyl (C=O) groups is 1. The molecule has 0 bridgehead atoms. The SMILES string of the molecule is COc1ccc(OCC2(c3ccccc3)CC2C(=O)Nc2cccc(C)n2)cc1OC. The smallest absolute Gasteiger partial charge is 0.229 e. The lowest BCUT2D eigenvalue weighted by molar-refractivity contribution is -0.117. The zero-order valence-electron chi connectivity index (χ0n) is 17.9. The monoisotopic (exact) mass is 418 g/mol. The van der Waals surface area contributed by atoms with E-state index in [2.05, 4.69) is 22.4 Å². The van der Waals surface area contributed by atoms with Crippen molar-refractivity contribution in [1.82, 2.24) is 4.98 Å². The molecule has 1 aliphatic carbocycles. The topological polar surface area (TPSA) is 69.7 Å². The molecule has 2 aromatic carbocycles. The minimum Gasteiger partial charge on any atom is -0.493 e. The van der Waals surface area contributed by atoms with E-state index in [1.165, 1.54) is 0 Å². The van der Waals surface area contributed by atoms with Gasteiger partial charge in [0.25, 0.3) is 0 Å². The van der Waals surface area contributed by atoms with Gasteiger partial charge in [-0.05, 0) is 43.2 Å². The fraction of sp³-hybridized carbons (Fsp3) is 0.280. The molecule has 1 heterocycles.